The van der Waals surface area contributed by atoms with Crippen LogP contribution in [0.1, 0.15) is 31.4 Å². The summed E-state index contributed by atoms with van der Waals surface area (Å²) >= 11 is 0. The van der Waals surface area contributed by atoms with Crippen molar-refractivity contribution in [2.45, 2.75) is 32.2 Å². The van der Waals surface area contributed by atoms with Gasteiger partial charge in [0.2, 0.25) is 5.69 Å². The molecule has 0 aliphatic heterocycles. The molecule has 2 unspecified atom stereocenters. The molecule has 2 N–H and O–H groups in total. The Balaban J connectivity index is 1.41. The van der Waals surface area contributed by atoms with E-state index in [-0.39, 0.29) is 0 Å². The zero-order chi connectivity index (χ0) is 21.0. The first-order valence-corrected chi connectivity index (χ1v) is 11.6. The fraction of sp³-hybridized carbons (Fsp3) is 0.276. The van der Waals surface area contributed by atoms with Crippen LogP contribution >= 0.6 is 0 Å². The molecular weight excluding hydrogens is 376 g/mol. The normalized spacial score (nSPS) is 23.1. The van der Waals surface area contributed by atoms with E-state index in [9.17, 15) is 0 Å². The van der Waals surface area contributed by atoms with E-state index in [0.717, 1.165) is 19.5 Å². The summed E-state index contributed by atoms with van der Waals surface area (Å²) in [5.41, 5.74) is 13.9. The summed E-state index contributed by atoms with van der Waals surface area (Å²) in [4.78, 5) is 0. The molecule has 0 amide bonds. The summed E-state index contributed by atoms with van der Waals surface area (Å²) in [6.07, 6.45) is 32.1. The van der Waals surface area contributed by atoms with Crippen molar-refractivity contribution in [1.29, 1.82) is 0 Å². The molecule has 1 aromatic rings. The van der Waals surface area contributed by atoms with Crippen molar-refractivity contribution in [3.63, 3.8) is 0 Å². The number of nitrogens with zero attached hydrogens (tertiary/aromatic N) is 1. The Morgan fingerprint density at radius 1 is 0.806 bits per heavy atom. The Hall–Kier alpha value is -2.97. The van der Waals surface area contributed by atoms with E-state index in [4.69, 9.17) is 5.73 Å². The fourth-order valence-corrected chi connectivity index (χ4v) is 5.21. The lowest BCUT2D eigenvalue weighted by Crippen LogP contribution is -2.36. The molecular formula is C29H31N2+. The third kappa shape index (κ3) is 4.00. The van der Waals surface area contributed by atoms with Gasteiger partial charge in [-0.1, -0.05) is 61.1 Å². The fourth-order valence-electron chi connectivity index (χ4n) is 5.21. The van der Waals surface area contributed by atoms with E-state index in [1.165, 1.54) is 52.8 Å². The molecule has 0 spiro atoms. The molecule has 0 bridgehead atoms. The predicted molar refractivity (Wildman–Crippen MR) is 129 cm³/mol. The topological polar surface area (TPSA) is 29.9 Å². The van der Waals surface area contributed by atoms with Crippen LogP contribution in [0.15, 0.2) is 113 Å². The molecule has 4 aliphatic carbocycles. The van der Waals surface area contributed by atoms with Crippen molar-refractivity contribution < 1.29 is 4.57 Å². The summed E-state index contributed by atoms with van der Waals surface area (Å²) in [5.74, 6) is 0.907. The van der Waals surface area contributed by atoms with Gasteiger partial charge in [0.15, 0.2) is 6.20 Å². The summed E-state index contributed by atoms with van der Waals surface area (Å²) in [7, 11) is 0. The van der Waals surface area contributed by atoms with Crippen LogP contribution < -0.4 is 10.3 Å². The molecule has 0 saturated heterocycles. The lowest BCUT2D eigenvalue weighted by Gasteiger charge is -2.41. The van der Waals surface area contributed by atoms with Gasteiger partial charge in [0.05, 0.1) is 0 Å². The number of aryl methyl sites for hydroxylation is 1. The van der Waals surface area contributed by atoms with Gasteiger partial charge in [-0.25, -0.2) is 0 Å². The molecule has 0 radical (unpaired) electrons. The number of hydrogen-bond acceptors (Lipinski definition) is 1. The molecule has 0 aromatic carbocycles. The van der Waals surface area contributed by atoms with E-state index in [2.05, 4.69) is 95.8 Å². The maximum absolute atomic E-state index is 5.62. The largest absolute Gasteiger partial charge is 0.330 e. The molecule has 0 saturated carbocycles. The second-order valence-electron chi connectivity index (χ2n) is 8.75. The van der Waals surface area contributed by atoms with E-state index in [0.29, 0.717) is 11.8 Å². The van der Waals surface area contributed by atoms with Crippen molar-refractivity contribution in [3.05, 3.63) is 119 Å². The average Bonchev–Trinajstić information content (AvgIpc) is 2.82. The van der Waals surface area contributed by atoms with Gasteiger partial charge >= 0.3 is 0 Å². The van der Waals surface area contributed by atoms with Crippen LogP contribution in [0.5, 0.6) is 0 Å². The van der Waals surface area contributed by atoms with Gasteiger partial charge in [0, 0.05) is 36.5 Å². The lowest BCUT2D eigenvalue weighted by atomic mass is 9.62. The smallest absolute Gasteiger partial charge is 0.205 e. The molecule has 1 heterocycles. The van der Waals surface area contributed by atoms with Crippen LogP contribution in [0, 0.1) is 11.8 Å². The molecule has 4 aliphatic rings. The first-order valence-electron chi connectivity index (χ1n) is 11.6. The van der Waals surface area contributed by atoms with Gasteiger partial charge < -0.3 is 5.73 Å². The van der Waals surface area contributed by atoms with Gasteiger partial charge in [0.1, 0.15) is 6.54 Å². The number of pyridine rings is 1. The molecule has 31 heavy (non-hydrogen) atoms. The monoisotopic (exact) mass is 407 g/mol. The summed E-state index contributed by atoms with van der Waals surface area (Å²) in [6, 6.07) is 6.47. The van der Waals surface area contributed by atoms with Gasteiger partial charge in [-0.15, -0.1) is 0 Å². The first-order chi connectivity index (χ1) is 15.3. The first kappa shape index (κ1) is 20.0. The highest BCUT2D eigenvalue weighted by Crippen LogP contribution is 2.50. The molecule has 2 nitrogen and oxygen atoms in total. The SMILES string of the molecule is NCCCCCC[n+]1ccccc1/C=C/C1=CC2=CC=CC3=CC=C4C=CC=C1C4C32. The third-order valence-corrected chi connectivity index (χ3v) is 6.77. The zero-order valence-electron chi connectivity index (χ0n) is 18.1. The Morgan fingerprint density at radius 2 is 1.61 bits per heavy atom. The van der Waals surface area contributed by atoms with E-state index < -0.39 is 0 Å². The van der Waals surface area contributed by atoms with Crippen LogP contribution in [0.4, 0.5) is 0 Å². The molecule has 5 rings (SSSR count). The van der Waals surface area contributed by atoms with E-state index in [1.54, 1.807) is 0 Å². The van der Waals surface area contributed by atoms with E-state index in [1.807, 2.05) is 0 Å². The van der Waals surface area contributed by atoms with Crippen molar-refractivity contribution in [2.75, 3.05) is 6.54 Å². The predicted octanol–water partition coefficient (Wildman–Crippen LogP) is 5.54. The maximum Gasteiger partial charge on any atom is 0.205 e. The van der Waals surface area contributed by atoms with Crippen LogP contribution in [0.25, 0.3) is 6.08 Å². The maximum atomic E-state index is 5.62. The Kier molecular flexibility index (Phi) is 5.82. The van der Waals surface area contributed by atoms with Crippen molar-refractivity contribution in [1.82, 2.24) is 0 Å². The standard InChI is InChI=1S/C29H31N2/c30-18-4-1-2-5-19-31-20-6-3-12-26(31)17-16-24-21-25-11-7-9-22-14-15-23-10-8-13-27(24)29(23)28(22)25/h3,6-17,20-21,28-29H,1-2,4-5,18-19,30H2/q+1/b17-16+. The highest BCUT2D eigenvalue weighted by Gasteiger charge is 2.38. The van der Waals surface area contributed by atoms with Gasteiger partial charge in [0.25, 0.3) is 0 Å². The van der Waals surface area contributed by atoms with Crippen molar-refractivity contribution in [3.8, 4) is 0 Å². The minimum absolute atomic E-state index is 0.441. The highest BCUT2D eigenvalue weighted by atomic mass is 14.9. The Bertz CT molecular complexity index is 1100. The number of rotatable bonds is 8. The minimum atomic E-state index is 0.441. The summed E-state index contributed by atoms with van der Waals surface area (Å²) in [6.45, 7) is 1.85. The van der Waals surface area contributed by atoms with Crippen molar-refractivity contribution in [2.24, 2.45) is 17.6 Å². The van der Waals surface area contributed by atoms with Crippen LogP contribution in [0.3, 0.4) is 0 Å². The van der Waals surface area contributed by atoms with Gasteiger partial charge in [-0.3, -0.25) is 0 Å². The number of aromatic nitrogens is 1. The number of nitrogens with two attached hydrogens (primary N) is 1. The summed E-state index contributed by atoms with van der Waals surface area (Å²) in [5, 5.41) is 0. The molecule has 156 valence electrons. The number of hydrogen-bond donors (Lipinski definition) is 1. The van der Waals surface area contributed by atoms with Crippen LogP contribution in [-0.2, 0) is 6.54 Å². The Labute approximate surface area is 185 Å². The number of allylic oxidation sites excluding steroid dienone is 15. The molecule has 1 aromatic heterocycles. The van der Waals surface area contributed by atoms with Gasteiger partial charge in [-0.05, 0) is 59.4 Å². The second-order valence-corrected chi connectivity index (χ2v) is 8.75. The molecule has 2 atom stereocenters. The average molecular weight is 408 g/mol. The molecule has 2 heteroatoms. The van der Waals surface area contributed by atoms with Crippen LogP contribution in [-0.4, -0.2) is 6.54 Å². The highest BCUT2D eigenvalue weighted by molar-refractivity contribution is 5.66. The Morgan fingerprint density at radius 3 is 2.48 bits per heavy atom. The lowest BCUT2D eigenvalue weighted by molar-refractivity contribution is -0.699. The van der Waals surface area contributed by atoms with Crippen molar-refractivity contribution >= 4 is 6.08 Å². The van der Waals surface area contributed by atoms with E-state index >= 15 is 0 Å². The minimum Gasteiger partial charge on any atom is -0.330 e. The molecule has 0 fully saturated rings. The number of unbranched alkanes of at least 4 members (excludes halogenated alkanes) is 3. The third-order valence-electron chi connectivity index (χ3n) is 6.77. The van der Waals surface area contributed by atoms with Crippen LogP contribution in [0.2, 0.25) is 0 Å². The quantitative estimate of drug-likeness (QED) is 0.445. The van der Waals surface area contributed by atoms with Gasteiger partial charge in [-0.2, -0.15) is 4.57 Å². The second kappa shape index (κ2) is 9.03. The summed E-state index contributed by atoms with van der Waals surface area (Å²) < 4.78 is 2.37. The zero-order valence-corrected chi connectivity index (χ0v) is 18.1.